The van der Waals surface area contributed by atoms with Gasteiger partial charge in [-0.1, -0.05) is 0 Å². The molecule has 3 rings (SSSR count). The molecule has 1 aromatic heterocycles. The number of rotatable bonds is 4. The lowest BCUT2D eigenvalue weighted by Crippen LogP contribution is -2.48. The molecule has 0 saturated carbocycles. The minimum absolute atomic E-state index is 0.0178. The van der Waals surface area contributed by atoms with Crippen LogP contribution < -0.4 is 4.90 Å². The summed E-state index contributed by atoms with van der Waals surface area (Å²) in [5.74, 6) is 0. The fourth-order valence-electron chi connectivity index (χ4n) is 3.11. The molecule has 1 aliphatic heterocycles. The maximum Gasteiger partial charge on any atom is 0.278 e. The molecular weight excluding hydrogens is 298 g/mol. The highest BCUT2D eigenvalue weighted by atomic mass is 16.6. The summed E-state index contributed by atoms with van der Waals surface area (Å²) in [5, 5.41) is 12.6. The third-order valence-corrected chi connectivity index (χ3v) is 3.99. The summed E-state index contributed by atoms with van der Waals surface area (Å²) in [6, 6.07) is 5.18. The number of hydrogen-bond donors (Lipinski definition) is 0. The van der Waals surface area contributed by atoms with Crippen molar-refractivity contribution in [3.8, 4) is 0 Å². The molecule has 1 aliphatic rings. The van der Waals surface area contributed by atoms with Gasteiger partial charge in [-0.05, 0) is 19.1 Å². The van der Waals surface area contributed by atoms with Crippen LogP contribution in [0.5, 0.6) is 0 Å². The number of pyridine rings is 1. The number of aromatic nitrogens is 1. The first kappa shape index (κ1) is 15.6. The Morgan fingerprint density at radius 1 is 1.39 bits per heavy atom. The van der Waals surface area contributed by atoms with E-state index in [1.807, 2.05) is 19.1 Å². The highest BCUT2D eigenvalue weighted by Gasteiger charge is 2.27. The Morgan fingerprint density at radius 3 is 2.96 bits per heavy atom. The normalized spacial score (nSPS) is 21.6. The molecule has 0 amide bonds. The third-order valence-electron chi connectivity index (χ3n) is 3.99. The number of fused-ring (bicyclic) bond motifs is 1. The molecule has 0 radical (unpaired) electrons. The highest BCUT2D eigenvalue weighted by molar-refractivity contribution is 5.99. The lowest BCUT2D eigenvalue weighted by atomic mass is 10.1. The van der Waals surface area contributed by atoms with Gasteiger partial charge in [0, 0.05) is 49.7 Å². The average Bonchev–Trinajstić information content (AvgIpc) is 2.53. The number of nitrogens with zero attached hydrogens (tertiary/aromatic N) is 3. The fourth-order valence-corrected chi connectivity index (χ4v) is 3.11. The first-order chi connectivity index (χ1) is 11.1. The molecule has 1 saturated heterocycles. The molecule has 7 nitrogen and oxygen atoms in total. The van der Waals surface area contributed by atoms with Crippen LogP contribution in [0.15, 0.2) is 30.6 Å². The SMILES string of the molecule is COCC1CN(c2ccc([N+](=O)[O-])c3cnccc23)CC(C)O1. The molecule has 2 aromatic rings. The predicted octanol–water partition coefficient (Wildman–Crippen LogP) is 2.38. The quantitative estimate of drug-likeness (QED) is 0.636. The Labute approximate surface area is 134 Å². The molecule has 1 fully saturated rings. The van der Waals surface area contributed by atoms with E-state index in [2.05, 4.69) is 9.88 Å². The van der Waals surface area contributed by atoms with Crippen molar-refractivity contribution >= 4 is 22.1 Å². The van der Waals surface area contributed by atoms with Crippen LogP contribution in [0.2, 0.25) is 0 Å². The minimum Gasteiger partial charge on any atom is -0.382 e. The van der Waals surface area contributed by atoms with Gasteiger partial charge in [0.2, 0.25) is 0 Å². The number of hydrogen-bond acceptors (Lipinski definition) is 6. The first-order valence-electron chi connectivity index (χ1n) is 7.50. The van der Waals surface area contributed by atoms with E-state index in [0.29, 0.717) is 18.5 Å². The summed E-state index contributed by atoms with van der Waals surface area (Å²) in [6.45, 7) is 3.96. The van der Waals surface area contributed by atoms with Gasteiger partial charge in [0.1, 0.15) is 0 Å². The van der Waals surface area contributed by atoms with E-state index in [-0.39, 0.29) is 22.8 Å². The van der Waals surface area contributed by atoms with Gasteiger partial charge in [-0.15, -0.1) is 0 Å². The summed E-state index contributed by atoms with van der Waals surface area (Å²) in [5.41, 5.74) is 1.04. The molecule has 122 valence electrons. The zero-order valence-electron chi connectivity index (χ0n) is 13.1. The van der Waals surface area contributed by atoms with E-state index in [0.717, 1.165) is 17.6 Å². The fraction of sp³-hybridized carbons (Fsp3) is 0.438. The highest BCUT2D eigenvalue weighted by Crippen LogP contribution is 2.34. The van der Waals surface area contributed by atoms with E-state index in [1.165, 1.54) is 0 Å². The van der Waals surface area contributed by atoms with Crippen LogP contribution in [-0.4, -0.2) is 48.9 Å². The molecule has 7 heteroatoms. The Hall–Kier alpha value is -2.25. The molecule has 0 aliphatic carbocycles. The molecule has 23 heavy (non-hydrogen) atoms. The van der Waals surface area contributed by atoms with Crippen LogP contribution in [0.25, 0.3) is 10.8 Å². The Balaban J connectivity index is 2.02. The van der Waals surface area contributed by atoms with E-state index in [4.69, 9.17) is 9.47 Å². The van der Waals surface area contributed by atoms with E-state index < -0.39 is 0 Å². The van der Waals surface area contributed by atoms with Crippen LogP contribution in [-0.2, 0) is 9.47 Å². The zero-order chi connectivity index (χ0) is 16.4. The molecule has 2 unspecified atom stereocenters. The largest absolute Gasteiger partial charge is 0.382 e. The van der Waals surface area contributed by atoms with Crippen LogP contribution in [0, 0.1) is 10.1 Å². The summed E-state index contributed by atoms with van der Waals surface area (Å²) in [7, 11) is 1.65. The van der Waals surface area contributed by atoms with Crippen molar-refractivity contribution in [2.24, 2.45) is 0 Å². The van der Waals surface area contributed by atoms with Gasteiger partial charge in [0.25, 0.3) is 5.69 Å². The van der Waals surface area contributed by atoms with Gasteiger partial charge in [0.05, 0.1) is 29.1 Å². The summed E-state index contributed by atoms with van der Waals surface area (Å²) >= 11 is 0. The lowest BCUT2D eigenvalue weighted by Gasteiger charge is -2.38. The third kappa shape index (κ3) is 3.11. The predicted molar refractivity (Wildman–Crippen MR) is 86.8 cm³/mol. The topological polar surface area (TPSA) is 77.7 Å². The van der Waals surface area contributed by atoms with Gasteiger partial charge in [0.15, 0.2) is 0 Å². The molecule has 2 atom stereocenters. The number of anilines is 1. The number of non-ortho nitro benzene ring substituents is 1. The average molecular weight is 317 g/mol. The van der Waals surface area contributed by atoms with Gasteiger partial charge in [-0.2, -0.15) is 0 Å². The van der Waals surface area contributed by atoms with Crippen LogP contribution in [0.3, 0.4) is 0 Å². The summed E-state index contributed by atoms with van der Waals surface area (Å²) < 4.78 is 11.1. The lowest BCUT2D eigenvalue weighted by molar-refractivity contribution is -0.383. The second-order valence-electron chi connectivity index (χ2n) is 5.71. The monoisotopic (exact) mass is 317 g/mol. The second kappa shape index (κ2) is 6.47. The Morgan fingerprint density at radius 2 is 2.22 bits per heavy atom. The van der Waals surface area contributed by atoms with Crippen molar-refractivity contribution in [1.82, 2.24) is 4.98 Å². The molecule has 0 spiro atoms. The van der Waals surface area contributed by atoms with E-state index >= 15 is 0 Å². The maximum absolute atomic E-state index is 11.2. The minimum atomic E-state index is -0.372. The number of ether oxygens (including phenoxy) is 2. The van der Waals surface area contributed by atoms with Crippen molar-refractivity contribution in [3.05, 3.63) is 40.7 Å². The number of nitro groups is 1. The molecule has 1 aromatic carbocycles. The van der Waals surface area contributed by atoms with Crippen LogP contribution >= 0.6 is 0 Å². The molecule has 0 N–H and O–H groups in total. The second-order valence-corrected chi connectivity index (χ2v) is 5.71. The van der Waals surface area contributed by atoms with Crippen LogP contribution in [0.4, 0.5) is 11.4 Å². The van der Waals surface area contributed by atoms with E-state index in [9.17, 15) is 10.1 Å². The smallest absolute Gasteiger partial charge is 0.278 e. The van der Waals surface area contributed by atoms with Gasteiger partial charge in [-0.25, -0.2) is 0 Å². The molecule has 0 bridgehead atoms. The summed E-state index contributed by atoms with van der Waals surface area (Å²) in [6.07, 6.45) is 3.26. The van der Waals surface area contributed by atoms with E-state index in [1.54, 1.807) is 25.6 Å². The van der Waals surface area contributed by atoms with Gasteiger partial charge >= 0.3 is 0 Å². The van der Waals surface area contributed by atoms with Crippen molar-refractivity contribution in [3.63, 3.8) is 0 Å². The molecular formula is C16H19N3O4. The maximum atomic E-state index is 11.2. The van der Waals surface area contributed by atoms with Crippen molar-refractivity contribution in [2.45, 2.75) is 19.1 Å². The van der Waals surface area contributed by atoms with Gasteiger partial charge < -0.3 is 14.4 Å². The van der Waals surface area contributed by atoms with Gasteiger partial charge in [-0.3, -0.25) is 15.1 Å². The number of morpholine rings is 1. The number of methoxy groups -OCH3 is 1. The Kier molecular flexibility index (Phi) is 4.40. The number of benzene rings is 1. The van der Waals surface area contributed by atoms with Crippen molar-refractivity contribution in [1.29, 1.82) is 0 Å². The summed E-state index contributed by atoms with van der Waals surface area (Å²) in [4.78, 5) is 17.1. The Bertz CT molecular complexity index is 722. The molecule has 2 heterocycles. The van der Waals surface area contributed by atoms with Crippen LogP contribution in [0.1, 0.15) is 6.92 Å². The van der Waals surface area contributed by atoms with Crippen molar-refractivity contribution < 1.29 is 14.4 Å². The first-order valence-corrected chi connectivity index (χ1v) is 7.50. The van der Waals surface area contributed by atoms with Crippen molar-refractivity contribution in [2.75, 3.05) is 31.7 Å². The zero-order valence-corrected chi connectivity index (χ0v) is 13.1. The standard InChI is InChI=1S/C16H19N3O4/c1-11-8-18(9-12(23-11)10-22-2)15-3-4-16(19(20)21)14-7-17-6-5-13(14)15/h3-7,11-12H,8-10H2,1-2H3. The number of nitro benzene ring substituents is 1.